The topological polar surface area (TPSA) is 3.24 Å². The summed E-state index contributed by atoms with van der Waals surface area (Å²) in [6, 6.07) is 10.8. The highest BCUT2D eigenvalue weighted by Gasteiger charge is 2.43. The molecule has 0 N–H and O–H groups in total. The molecule has 0 amide bonds. The molecule has 106 valence electrons. The van der Waals surface area contributed by atoms with Crippen molar-refractivity contribution in [2.75, 3.05) is 0 Å². The van der Waals surface area contributed by atoms with Crippen molar-refractivity contribution in [2.45, 2.75) is 45.2 Å². The Morgan fingerprint density at radius 1 is 1.05 bits per heavy atom. The van der Waals surface area contributed by atoms with Crippen LogP contribution in [0, 0.1) is 0 Å². The SMILES string of the molecule is CC(C)(C)[Si](C)(C)N1C=CC=CB1Cc1ccccc1. The highest BCUT2D eigenvalue weighted by Crippen LogP contribution is 2.39. The Morgan fingerprint density at radius 3 is 2.30 bits per heavy atom. The van der Waals surface area contributed by atoms with Gasteiger partial charge in [-0.2, -0.15) is 0 Å². The molecule has 0 spiro atoms. The van der Waals surface area contributed by atoms with Crippen LogP contribution in [0.15, 0.2) is 54.7 Å². The smallest absolute Gasteiger partial charge is 0.276 e. The molecule has 1 aromatic rings. The van der Waals surface area contributed by atoms with Crippen LogP contribution < -0.4 is 0 Å². The largest absolute Gasteiger partial charge is 0.444 e. The summed E-state index contributed by atoms with van der Waals surface area (Å²) in [6.45, 7) is 12.6. The Morgan fingerprint density at radius 2 is 1.70 bits per heavy atom. The third-order valence-electron chi connectivity index (χ3n) is 4.82. The monoisotopic (exact) mass is 283 g/mol. The third kappa shape index (κ3) is 3.09. The Bertz CT molecular complexity index is 499. The molecule has 1 heterocycles. The molecule has 1 aliphatic rings. The lowest BCUT2D eigenvalue weighted by atomic mass is 9.56. The van der Waals surface area contributed by atoms with Gasteiger partial charge in [0.25, 0.3) is 6.85 Å². The van der Waals surface area contributed by atoms with Gasteiger partial charge in [-0.3, -0.25) is 0 Å². The highest BCUT2D eigenvalue weighted by atomic mass is 28.3. The van der Waals surface area contributed by atoms with Gasteiger partial charge in [0.2, 0.25) is 0 Å². The van der Waals surface area contributed by atoms with E-state index in [4.69, 9.17) is 0 Å². The van der Waals surface area contributed by atoms with Gasteiger partial charge >= 0.3 is 0 Å². The predicted octanol–water partition coefficient (Wildman–Crippen LogP) is 4.69. The van der Waals surface area contributed by atoms with Crippen molar-refractivity contribution in [3.63, 3.8) is 0 Å². The quantitative estimate of drug-likeness (QED) is 0.727. The molecule has 2 rings (SSSR count). The average Bonchev–Trinajstić information content (AvgIpc) is 2.39. The van der Waals surface area contributed by atoms with Gasteiger partial charge in [0.05, 0.1) is 0 Å². The van der Waals surface area contributed by atoms with Gasteiger partial charge in [0, 0.05) is 0 Å². The number of nitrogens with zero attached hydrogens (tertiary/aromatic N) is 1. The molecule has 0 bridgehead atoms. The van der Waals surface area contributed by atoms with Crippen LogP contribution in [0.2, 0.25) is 18.1 Å². The lowest BCUT2D eigenvalue weighted by molar-refractivity contribution is 0.650. The van der Waals surface area contributed by atoms with Gasteiger partial charge in [-0.15, -0.1) is 0 Å². The van der Waals surface area contributed by atoms with Crippen molar-refractivity contribution in [3.05, 3.63) is 60.2 Å². The van der Waals surface area contributed by atoms with Gasteiger partial charge < -0.3 is 4.48 Å². The van der Waals surface area contributed by atoms with Crippen molar-refractivity contribution >= 4 is 15.1 Å². The second-order valence-electron chi connectivity index (χ2n) is 7.20. The number of rotatable bonds is 3. The molecule has 0 aromatic heterocycles. The van der Waals surface area contributed by atoms with E-state index >= 15 is 0 Å². The van der Waals surface area contributed by atoms with E-state index in [1.807, 2.05) is 0 Å². The van der Waals surface area contributed by atoms with Crippen LogP contribution in [0.4, 0.5) is 0 Å². The number of allylic oxidation sites excluding steroid dienone is 2. The fourth-order valence-electron chi connectivity index (χ4n) is 2.55. The van der Waals surface area contributed by atoms with Gasteiger partial charge in [-0.25, -0.2) is 0 Å². The van der Waals surface area contributed by atoms with E-state index in [0.717, 1.165) is 6.32 Å². The fraction of sp³-hybridized carbons (Fsp3) is 0.412. The molecule has 0 radical (unpaired) electrons. The maximum Gasteiger partial charge on any atom is 0.276 e. The van der Waals surface area contributed by atoms with Crippen molar-refractivity contribution in [3.8, 4) is 0 Å². The van der Waals surface area contributed by atoms with Crippen LogP contribution >= 0.6 is 0 Å². The summed E-state index contributed by atoms with van der Waals surface area (Å²) in [6.07, 6.45) is 7.78. The van der Waals surface area contributed by atoms with Crippen LogP contribution in [-0.2, 0) is 6.32 Å². The summed E-state index contributed by atoms with van der Waals surface area (Å²) in [5.74, 6) is 2.35. The second-order valence-corrected chi connectivity index (χ2v) is 12.3. The van der Waals surface area contributed by atoms with Crippen molar-refractivity contribution in [1.82, 2.24) is 4.48 Å². The Balaban J connectivity index is 2.23. The number of hydrogen-bond donors (Lipinski definition) is 0. The first-order valence-electron chi connectivity index (χ1n) is 7.50. The summed E-state index contributed by atoms with van der Waals surface area (Å²) in [7, 11) is -1.53. The second kappa shape index (κ2) is 5.65. The summed E-state index contributed by atoms with van der Waals surface area (Å²) < 4.78 is 2.65. The molecule has 20 heavy (non-hydrogen) atoms. The van der Waals surface area contributed by atoms with Crippen LogP contribution in [0.1, 0.15) is 26.3 Å². The van der Waals surface area contributed by atoms with Crippen LogP contribution in [0.25, 0.3) is 0 Å². The summed E-state index contributed by atoms with van der Waals surface area (Å²) >= 11 is 0. The Labute approximate surface area is 125 Å². The first-order valence-corrected chi connectivity index (χ1v) is 10.4. The van der Waals surface area contributed by atoms with Gasteiger partial charge in [0.1, 0.15) is 8.24 Å². The average molecular weight is 283 g/mol. The van der Waals surface area contributed by atoms with E-state index in [-0.39, 0.29) is 0 Å². The summed E-state index contributed by atoms with van der Waals surface area (Å²) in [5.41, 5.74) is 1.42. The number of hydrogen-bond acceptors (Lipinski definition) is 1. The maximum absolute atomic E-state index is 2.65. The van der Waals surface area contributed by atoms with Crippen LogP contribution in [-0.4, -0.2) is 19.6 Å². The molecule has 1 aliphatic heterocycles. The van der Waals surface area contributed by atoms with E-state index in [9.17, 15) is 0 Å². The molecule has 3 heteroatoms. The Hall–Kier alpha value is -1.22. The molecule has 1 aromatic carbocycles. The van der Waals surface area contributed by atoms with Crippen molar-refractivity contribution in [1.29, 1.82) is 0 Å². The molecule has 0 unspecified atom stereocenters. The predicted molar refractivity (Wildman–Crippen MR) is 93.2 cm³/mol. The normalized spacial score (nSPS) is 15.8. The van der Waals surface area contributed by atoms with Crippen LogP contribution in [0.3, 0.4) is 0 Å². The zero-order valence-electron chi connectivity index (χ0n) is 13.4. The minimum Gasteiger partial charge on any atom is -0.444 e. The lowest BCUT2D eigenvalue weighted by Crippen LogP contribution is -2.59. The zero-order valence-corrected chi connectivity index (χ0v) is 14.4. The van der Waals surface area contributed by atoms with E-state index in [0.29, 0.717) is 11.9 Å². The molecule has 0 aliphatic carbocycles. The highest BCUT2D eigenvalue weighted by molar-refractivity contribution is 6.87. The summed E-state index contributed by atoms with van der Waals surface area (Å²) in [4.78, 5) is 0. The van der Waals surface area contributed by atoms with E-state index in [2.05, 4.69) is 93.0 Å². The molecule has 0 saturated carbocycles. The molecule has 1 nitrogen and oxygen atoms in total. The molecule has 0 fully saturated rings. The fourth-order valence-corrected chi connectivity index (χ4v) is 4.79. The van der Waals surface area contributed by atoms with Gasteiger partial charge in [-0.1, -0.05) is 81.8 Å². The molecular formula is C17H26BNSi. The van der Waals surface area contributed by atoms with Gasteiger partial charge in [0.15, 0.2) is 0 Å². The lowest BCUT2D eigenvalue weighted by Gasteiger charge is -2.49. The van der Waals surface area contributed by atoms with E-state index in [1.54, 1.807) is 0 Å². The standard InChI is InChI=1S/C17H26BNSi/c1-17(2,3)20(4,5)19-14-10-9-13-18(19)15-16-11-7-6-8-12-16/h6-14H,15H2,1-5H3. The van der Waals surface area contributed by atoms with Crippen LogP contribution in [0.5, 0.6) is 0 Å². The Kier molecular flexibility index (Phi) is 4.28. The minimum atomic E-state index is -1.53. The number of benzene rings is 1. The van der Waals surface area contributed by atoms with Gasteiger partial charge in [-0.05, 0) is 23.6 Å². The summed E-state index contributed by atoms with van der Waals surface area (Å²) in [5, 5.41) is 0.359. The first-order chi connectivity index (χ1) is 9.32. The maximum atomic E-state index is 2.65. The molecule has 0 saturated heterocycles. The van der Waals surface area contributed by atoms with E-state index < -0.39 is 8.24 Å². The first kappa shape index (κ1) is 15.2. The van der Waals surface area contributed by atoms with Crippen molar-refractivity contribution in [2.24, 2.45) is 0 Å². The van der Waals surface area contributed by atoms with Crippen molar-refractivity contribution < 1.29 is 0 Å². The van der Waals surface area contributed by atoms with E-state index in [1.165, 1.54) is 5.56 Å². The minimum absolute atomic E-state index is 0.359. The molecular weight excluding hydrogens is 257 g/mol. The third-order valence-corrected chi connectivity index (χ3v) is 10.3. The molecule has 0 atom stereocenters. The zero-order chi connectivity index (χ0) is 14.8.